The normalized spacial score (nSPS) is 11.7. The van der Waals surface area contributed by atoms with Gasteiger partial charge in [-0.25, -0.2) is 8.42 Å². The van der Waals surface area contributed by atoms with E-state index < -0.39 is 10.4 Å². The molecule has 0 bridgehead atoms. The van der Waals surface area contributed by atoms with Crippen molar-refractivity contribution in [2.75, 3.05) is 152 Å². The number of hydrogen-bond acceptors (Lipinski definition) is 15. The second kappa shape index (κ2) is 46.6. The number of ether oxygens (including phenoxy) is 11. The van der Waals surface area contributed by atoms with E-state index in [0.717, 1.165) is 13.0 Å². The van der Waals surface area contributed by atoms with Crippen LogP contribution in [-0.2, 0) is 66.7 Å². The molecule has 302 valence electrons. The number of hydrogen-bond donors (Lipinski definition) is 0. The molecule has 0 aromatic carbocycles. The summed E-state index contributed by atoms with van der Waals surface area (Å²) < 4.78 is 94.4. The quantitative estimate of drug-likeness (QED) is 0.0365. The van der Waals surface area contributed by atoms with Crippen molar-refractivity contribution in [1.82, 2.24) is 0 Å². The summed E-state index contributed by atoms with van der Waals surface area (Å²) in [6, 6.07) is 0. The van der Waals surface area contributed by atoms with Gasteiger partial charge in [-0.2, -0.15) is 0 Å². The molecule has 0 atom stereocenters. The maximum atomic E-state index is 10.2. The molecule has 0 heterocycles. The maximum Gasteiger partial charge on any atom is 1.00 e. The Morgan fingerprint density at radius 2 is 0.510 bits per heavy atom. The van der Waals surface area contributed by atoms with E-state index in [0.29, 0.717) is 126 Å². The van der Waals surface area contributed by atoms with Crippen molar-refractivity contribution in [2.24, 2.45) is 0 Å². The SMILES string of the molecule is CCCCCCCCCCCCOCCOCCOCCOCCOCCOCCOCCOCCOCCOCCOCCOS(=O)(=O)[O-].[Na+]. The van der Waals surface area contributed by atoms with Crippen LogP contribution in [0.2, 0.25) is 0 Å². The molecule has 0 radical (unpaired) electrons. The Kier molecular flexibility index (Phi) is 48.9. The Labute approximate surface area is 330 Å². The molecule has 0 saturated heterocycles. The van der Waals surface area contributed by atoms with Crippen LogP contribution >= 0.6 is 0 Å². The average molecular weight is 773 g/mol. The molecule has 0 aliphatic rings. The molecule has 15 nitrogen and oxygen atoms in total. The Hall–Kier alpha value is 0.430. The zero-order valence-electron chi connectivity index (χ0n) is 31.9. The fourth-order valence-electron chi connectivity index (χ4n) is 4.19. The second-order valence-corrected chi connectivity index (χ2v) is 12.2. The van der Waals surface area contributed by atoms with Crippen molar-refractivity contribution in [1.29, 1.82) is 0 Å². The third-order valence-electron chi connectivity index (χ3n) is 6.82. The van der Waals surface area contributed by atoms with Gasteiger partial charge in [0.2, 0.25) is 10.4 Å². The molecule has 0 fully saturated rings. The summed E-state index contributed by atoms with van der Waals surface area (Å²) in [4.78, 5) is 0. The zero-order chi connectivity index (χ0) is 36.3. The largest absolute Gasteiger partial charge is 1.00 e. The van der Waals surface area contributed by atoms with Crippen molar-refractivity contribution in [2.45, 2.75) is 71.1 Å². The second-order valence-electron chi connectivity index (χ2n) is 11.1. The van der Waals surface area contributed by atoms with Crippen LogP contribution in [0.4, 0.5) is 0 Å². The van der Waals surface area contributed by atoms with Gasteiger partial charge in [-0.3, -0.25) is 4.18 Å². The third kappa shape index (κ3) is 52.6. The minimum Gasteiger partial charge on any atom is -0.726 e. The van der Waals surface area contributed by atoms with Gasteiger partial charge in [-0.05, 0) is 6.42 Å². The molecule has 51 heavy (non-hydrogen) atoms. The minimum absolute atomic E-state index is 0. The van der Waals surface area contributed by atoms with Crippen LogP contribution in [-0.4, -0.2) is 165 Å². The predicted octanol–water partition coefficient (Wildman–Crippen LogP) is 0.571. The monoisotopic (exact) mass is 772 g/mol. The molecule has 0 rings (SSSR count). The minimum atomic E-state index is -4.67. The van der Waals surface area contributed by atoms with Gasteiger partial charge in [0.1, 0.15) is 0 Å². The molecule has 0 spiro atoms. The fraction of sp³-hybridized carbons (Fsp3) is 1.00. The van der Waals surface area contributed by atoms with E-state index in [1.807, 2.05) is 0 Å². The van der Waals surface area contributed by atoms with E-state index in [2.05, 4.69) is 11.1 Å². The van der Waals surface area contributed by atoms with Crippen LogP contribution in [0.3, 0.4) is 0 Å². The molecule has 0 amide bonds. The van der Waals surface area contributed by atoms with E-state index in [1.165, 1.54) is 57.8 Å². The summed E-state index contributed by atoms with van der Waals surface area (Å²) in [7, 11) is -4.67. The third-order valence-corrected chi connectivity index (χ3v) is 7.27. The summed E-state index contributed by atoms with van der Waals surface area (Å²) in [6.07, 6.45) is 13.3. The van der Waals surface area contributed by atoms with Gasteiger partial charge in [-0.15, -0.1) is 0 Å². The van der Waals surface area contributed by atoms with Gasteiger partial charge in [0.15, 0.2) is 0 Å². The first kappa shape index (κ1) is 53.5. The summed E-state index contributed by atoms with van der Waals surface area (Å²) in [6.45, 7) is 12.3. The first-order valence-electron chi connectivity index (χ1n) is 18.5. The van der Waals surface area contributed by atoms with Gasteiger partial charge < -0.3 is 56.7 Å². The molecule has 0 aliphatic heterocycles. The molecule has 0 aromatic heterocycles. The average Bonchev–Trinajstić information content (AvgIpc) is 3.09. The van der Waals surface area contributed by atoms with Crippen molar-refractivity contribution < 1.29 is 98.8 Å². The fourth-order valence-corrected chi connectivity index (χ4v) is 4.46. The summed E-state index contributed by atoms with van der Waals surface area (Å²) in [5.41, 5.74) is 0. The molecular weight excluding hydrogens is 703 g/mol. The van der Waals surface area contributed by atoms with E-state index >= 15 is 0 Å². The zero-order valence-corrected chi connectivity index (χ0v) is 34.7. The molecular formula is C34H69NaO15S. The molecule has 0 unspecified atom stereocenters. The van der Waals surface area contributed by atoms with E-state index in [-0.39, 0.29) is 49.4 Å². The number of rotatable bonds is 45. The summed E-state index contributed by atoms with van der Waals surface area (Å²) in [5.74, 6) is 0. The first-order chi connectivity index (χ1) is 24.6. The van der Waals surface area contributed by atoms with E-state index in [4.69, 9.17) is 52.1 Å². The first-order valence-corrected chi connectivity index (χ1v) is 19.8. The smallest absolute Gasteiger partial charge is 0.726 e. The van der Waals surface area contributed by atoms with Crippen LogP contribution in [0.25, 0.3) is 0 Å². The van der Waals surface area contributed by atoms with Crippen molar-refractivity contribution in [3.8, 4) is 0 Å². The Balaban J connectivity index is 0. The molecule has 0 aromatic rings. The van der Waals surface area contributed by atoms with E-state index in [9.17, 15) is 13.0 Å². The van der Waals surface area contributed by atoms with Crippen LogP contribution in [0.1, 0.15) is 71.1 Å². The maximum absolute atomic E-state index is 10.2. The number of unbranched alkanes of at least 4 members (excludes halogenated alkanes) is 9. The van der Waals surface area contributed by atoms with Crippen LogP contribution in [0.15, 0.2) is 0 Å². The molecule has 0 N–H and O–H groups in total. The van der Waals surface area contributed by atoms with Crippen molar-refractivity contribution >= 4 is 10.4 Å². The Bertz CT molecular complexity index is 741. The predicted molar refractivity (Wildman–Crippen MR) is 187 cm³/mol. The van der Waals surface area contributed by atoms with Crippen LogP contribution < -0.4 is 29.6 Å². The topological polar surface area (TPSA) is 168 Å². The molecule has 0 aliphatic carbocycles. The van der Waals surface area contributed by atoms with Gasteiger partial charge in [0, 0.05) is 6.61 Å². The Morgan fingerprint density at radius 3 is 0.745 bits per heavy atom. The van der Waals surface area contributed by atoms with Gasteiger partial charge in [0.25, 0.3) is 0 Å². The standard InChI is InChI=1S/C34H70O15S.Na/c1-2-3-4-5-6-7-8-9-10-11-12-38-13-14-39-15-16-40-17-18-41-19-20-42-21-22-43-23-24-44-25-26-45-27-28-46-29-30-47-31-32-48-33-34-49-50(35,36)37;/h2-34H2,1H3,(H,35,36,37);/q;+1/p-1. The van der Waals surface area contributed by atoms with Crippen LogP contribution in [0.5, 0.6) is 0 Å². The Morgan fingerprint density at radius 1 is 0.314 bits per heavy atom. The van der Waals surface area contributed by atoms with Crippen molar-refractivity contribution in [3.05, 3.63) is 0 Å². The molecule has 17 heteroatoms. The summed E-state index contributed by atoms with van der Waals surface area (Å²) in [5, 5.41) is 0. The van der Waals surface area contributed by atoms with E-state index in [1.54, 1.807) is 0 Å². The van der Waals surface area contributed by atoms with Crippen molar-refractivity contribution in [3.63, 3.8) is 0 Å². The van der Waals surface area contributed by atoms with Gasteiger partial charge in [0.05, 0.1) is 145 Å². The summed E-state index contributed by atoms with van der Waals surface area (Å²) >= 11 is 0. The van der Waals surface area contributed by atoms with Gasteiger partial charge >= 0.3 is 29.6 Å². The van der Waals surface area contributed by atoms with Gasteiger partial charge in [-0.1, -0.05) is 64.7 Å². The molecule has 0 saturated carbocycles. The van der Waals surface area contributed by atoms with Crippen LogP contribution in [0, 0.1) is 0 Å².